The third kappa shape index (κ3) is 9.70. The number of rotatable bonds is 8. The Balaban J connectivity index is 1.22. The Bertz CT molecular complexity index is 3580. The maximum Gasteiger partial charge on any atom is 0.0559 e. The Hall–Kier alpha value is -7.16. The molecule has 7 aromatic carbocycles. The molecule has 0 radical (unpaired) electrons. The molecule has 11 rings (SSSR count). The molecular formula is C74H78N2. The van der Waals surface area contributed by atoms with Crippen LogP contribution >= 0.6 is 0 Å². The molecule has 0 saturated carbocycles. The number of allylic oxidation sites excluding steroid dienone is 13. The second-order valence-corrected chi connectivity index (χ2v) is 26.2. The predicted molar refractivity (Wildman–Crippen MR) is 331 cm³/mol. The van der Waals surface area contributed by atoms with Gasteiger partial charge in [0.25, 0.3) is 0 Å². The third-order valence-corrected chi connectivity index (χ3v) is 16.8. The lowest BCUT2D eigenvalue weighted by Gasteiger charge is -2.38. The van der Waals surface area contributed by atoms with Crippen molar-refractivity contribution in [1.82, 2.24) is 0 Å². The minimum Gasteiger partial charge on any atom is -0.334 e. The minimum absolute atomic E-state index is 0.0356. The van der Waals surface area contributed by atoms with Gasteiger partial charge in [0.05, 0.1) is 6.04 Å². The van der Waals surface area contributed by atoms with Crippen molar-refractivity contribution in [1.29, 1.82) is 0 Å². The molecule has 4 aliphatic carbocycles. The average molecular weight is 995 g/mol. The van der Waals surface area contributed by atoms with E-state index in [0.717, 1.165) is 36.3 Å². The Morgan fingerprint density at radius 1 is 0.447 bits per heavy atom. The van der Waals surface area contributed by atoms with Gasteiger partial charge in [0.2, 0.25) is 0 Å². The summed E-state index contributed by atoms with van der Waals surface area (Å²) in [5, 5.41) is 7.52. The lowest BCUT2D eigenvalue weighted by molar-refractivity contribution is 0.293. The molecule has 4 aliphatic rings. The molecule has 0 N–H and O–H groups in total. The predicted octanol–water partition coefficient (Wildman–Crippen LogP) is 20.9. The monoisotopic (exact) mass is 995 g/mol. The molecule has 0 amide bonds. The van der Waals surface area contributed by atoms with Gasteiger partial charge in [-0.25, -0.2) is 0 Å². The van der Waals surface area contributed by atoms with Crippen LogP contribution in [0.3, 0.4) is 0 Å². The minimum atomic E-state index is 0.0356. The summed E-state index contributed by atoms with van der Waals surface area (Å²) in [6.07, 6.45) is 31.8. The first kappa shape index (κ1) is 51.0. The molecule has 0 saturated heterocycles. The largest absolute Gasteiger partial charge is 0.334 e. The van der Waals surface area contributed by atoms with Gasteiger partial charge < -0.3 is 9.80 Å². The molecule has 76 heavy (non-hydrogen) atoms. The summed E-state index contributed by atoms with van der Waals surface area (Å²) in [6.45, 7) is 27.9. The van der Waals surface area contributed by atoms with E-state index in [1.807, 2.05) is 0 Å². The van der Waals surface area contributed by atoms with Crippen LogP contribution in [0.4, 0.5) is 22.7 Å². The van der Waals surface area contributed by atoms with Crippen molar-refractivity contribution >= 4 is 60.6 Å². The van der Waals surface area contributed by atoms with Crippen molar-refractivity contribution < 1.29 is 0 Å². The normalized spacial score (nSPS) is 18.9. The lowest BCUT2D eigenvalue weighted by atomic mass is 9.76. The van der Waals surface area contributed by atoms with Gasteiger partial charge in [-0.1, -0.05) is 229 Å². The zero-order valence-corrected chi connectivity index (χ0v) is 47.3. The molecular weight excluding hydrogens is 917 g/mol. The summed E-state index contributed by atoms with van der Waals surface area (Å²) in [5.41, 5.74) is 16.8. The second-order valence-electron chi connectivity index (χ2n) is 26.2. The van der Waals surface area contributed by atoms with Crippen molar-refractivity contribution in [3.8, 4) is 11.1 Å². The molecule has 2 nitrogen and oxygen atoms in total. The molecule has 3 unspecified atom stereocenters. The first-order valence-corrected chi connectivity index (χ1v) is 28.1. The smallest absolute Gasteiger partial charge is 0.0559 e. The van der Waals surface area contributed by atoms with Crippen LogP contribution in [0.1, 0.15) is 119 Å². The summed E-state index contributed by atoms with van der Waals surface area (Å²) in [6, 6.07) is 49.3. The number of hydrogen-bond donors (Lipinski definition) is 0. The van der Waals surface area contributed by atoms with Gasteiger partial charge in [0, 0.05) is 34.4 Å². The van der Waals surface area contributed by atoms with Gasteiger partial charge >= 0.3 is 0 Å². The van der Waals surface area contributed by atoms with Crippen LogP contribution in [-0.2, 0) is 10.8 Å². The molecule has 3 atom stereocenters. The van der Waals surface area contributed by atoms with E-state index in [1.54, 1.807) is 0 Å². The maximum absolute atomic E-state index is 2.64. The highest BCUT2D eigenvalue weighted by Gasteiger charge is 2.31. The van der Waals surface area contributed by atoms with Crippen molar-refractivity contribution in [2.75, 3.05) is 9.80 Å². The molecule has 2 heteroatoms. The van der Waals surface area contributed by atoms with E-state index in [9.17, 15) is 0 Å². The van der Waals surface area contributed by atoms with Gasteiger partial charge in [-0.2, -0.15) is 0 Å². The van der Waals surface area contributed by atoms with E-state index < -0.39 is 0 Å². The number of benzene rings is 7. The lowest BCUT2D eigenvalue weighted by Crippen LogP contribution is -2.35. The van der Waals surface area contributed by atoms with Gasteiger partial charge in [-0.05, 0) is 178 Å². The molecule has 0 fully saturated rings. The fraction of sp³-hybridized carbons (Fsp3) is 0.297. The van der Waals surface area contributed by atoms with E-state index >= 15 is 0 Å². The first-order valence-electron chi connectivity index (χ1n) is 28.1. The van der Waals surface area contributed by atoms with Crippen molar-refractivity contribution in [2.24, 2.45) is 22.7 Å². The molecule has 0 aliphatic heterocycles. The van der Waals surface area contributed by atoms with E-state index in [0.29, 0.717) is 11.8 Å². The van der Waals surface area contributed by atoms with E-state index in [-0.39, 0.29) is 27.7 Å². The molecule has 0 aromatic heterocycles. The summed E-state index contributed by atoms with van der Waals surface area (Å²) >= 11 is 0. The highest BCUT2D eigenvalue weighted by Crippen LogP contribution is 2.50. The number of nitrogens with zero attached hydrogens (tertiary/aromatic N) is 2. The van der Waals surface area contributed by atoms with Crippen LogP contribution in [0, 0.1) is 22.7 Å². The quantitative estimate of drug-likeness (QED) is 0.140. The number of fused-ring (bicyclic) bond motifs is 4. The van der Waals surface area contributed by atoms with Crippen LogP contribution < -0.4 is 9.80 Å². The fourth-order valence-electron chi connectivity index (χ4n) is 12.2. The number of anilines is 4. The van der Waals surface area contributed by atoms with Crippen molar-refractivity contribution in [3.05, 3.63) is 234 Å². The Morgan fingerprint density at radius 3 is 1.68 bits per heavy atom. The second kappa shape index (κ2) is 19.4. The Labute approximate surface area is 454 Å². The molecule has 384 valence electrons. The highest BCUT2D eigenvalue weighted by atomic mass is 15.2. The van der Waals surface area contributed by atoms with E-state index in [4.69, 9.17) is 0 Å². The van der Waals surface area contributed by atoms with Gasteiger partial charge in [-0.3, -0.25) is 0 Å². The van der Waals surface area contributed by atoms with Gasteiger partial charge in [-0.15, -0.1) is 0 Å². The standard InChI is InChI=1S/C74H78N2/c1-71(2,3)51-27-35-55(36-28-51)75(56-37-29-52(30-38-56)72(4,5)6)59-43-45-65-67(47-59)69(63-25-17-21-49-19-13-15-23-61(49)63)66-46-44-60(48-68(66)70(65)64-26-18-22-50-20-14-16-24-62(50)64)76(57-39-31-53(32-40-57)73(7,8)9)58-41-33-54(34-42-58)74(10,11)12/h13-21,23-29,31-35,37-48,50,52,55H,22,30,36H2,1-12H3. The van der Waals surface area contributed by atoms with Crippen LogP contribution in [0.25, 0.3) is 49.0 Å². The van der Waals surface area contributed by atoms with E-state index in [2.05, 4.69) is 293 Å². The molecule has 0 heterocycles. The van der Waals surface area contributed by atoms with Crippen LogP contribution in [0.5, 0.6) is 0 Å². The molecule has 7 aromatic rings. The summed E-state index contributed by atoms with van der Waals surface area (Å²) in [4.78, 5) is 5.11. The number of hydrogen-bond acceptors (Lipinski definition) is 2. The summed E-state index contributed by atoms with van der Waals surface area (Å²) < 4.78 is 0. The first-order chi connectivity index (χ1) is 36.2. The summed E-state index contributed by atoms with van der Waals surface area (Å²) in [5.74, 6) is 0.795. The zero-order valence-electron chi connectivity index (χ0n) is 47.3. The fourth-order valence-corrected chi connectivity index (χ4v) is 12.2. The topological polar surface area (TPSA) is 6.48 Å². The summed E-state index contributed by atoms with van der Waals surface area (Å²) in [7, 11) is 0. The van der Waals surface area contributed by atoms with Crippen LogP contribution in [0.2, 0.25) is 0 Å². The van der Waals surface area contributed by atoms with Gasteiger partial charge in [0.15, 0.2) is 0 Å². The maximum atomic E-state index is 2.64. The average Bonchev–Trinajstić information content (AvgIpc) is 3.41. The van der Waals surface area contributed by atoms with Gasteiger partial charge in [0.1, 0.15) is 0 Å². The Morgan fingerprint density at radius 2 is 1.07 bits per heavy atom. The van der Waals surface area contributed by atoms with Crippen LogP contribution in [-0.4, -0.2) is 6.04 Å². The zero-order chi connectivity index (χ0) is 53.3. The molecule has 0 bridgehead atoms. The van der Waals surface area contributed by atoms with E-state index in [1.165, 1.54) is 88.2 Å². The molecule has 0 spiro atoms. The third-order valence-electron chi connectivity index (χ3n) is 16.8. The SMILES string of the molecule is CC(C)(C)C1=CCC(N(C2=CCC(C(C)(C)C)C=C2)c2ccc3c(C4=C5C=CC=CC5CC=C4)c4cc(N(c5ccc(C(C)(C)C)cc5)c5ccc(C(C)(C)C)cc5)ccc4c(-c4cccc5ccccc45)c3c2)C=C1. The highest BCUT2D eigenvalue weighted by molar-refractivity contribution is 6.23. The van der Waals surface area contributed by atoms with Crippen molar-refractivity contribution in [3.63, 3.8) is 0 Å². The van der Waals surface area contributed by atoms with Crippen molar-refractivity contribution in [2.45, 2.75) is 119 Å². The van der Waals surface area contributed by atoms with Crippen LogP contribution in [0.15, 0.2) is 217 Å². The Kier molecular flexibility index (Phi) is 13.0.